The number of likely N-dealkylation sites (tertiary alicyclic amines) is 1. The molecule has 1 aromatic heterocycles. The number of nitrogens with zero attached hydrogens (tertiary/aromatic N) is 2. The highest BCUT2D eigenvalue weighted by molar-refractivity contribution is 5.21. The molecule has 18 heavy (non-hydrogen) atoms. The zero-order chi connectivity index (χ0) is 12.4. The number of aryl methyl sites for hydroxylation is 1. The number of aromatic nitrogens is 1. The van der Waals surface area contributed by atoms with Crippen LogP contribution in [-0.2, 0) is 6.54 Å². The summed E-state index contributed by atoms with van der Waals surface area (Å²) in [6.45, 7) is 5.09. The quantitative estimate of drug-likeness (QED) is 0.828. The van der Waals surface area contributed by atoms with E-state index in [1.54, 1.807) is 0 Å². The van der Waals surface area contributed by atoms with Crippen LogP contribution in [-0.4, -0.2) is 23.1 Å². The third kappa shape index (κ3) is 2.46. The van der Waals surface area contributed by atoms with Gasteiger partial charge in [-0.1, -0.05) is 35.5 Å². The molecule has 2 aromatic rings. The van der Waals surface area contributed by atoms with E-state index in [1.165, 1.54) is 12.0 Å². The van der Waals surface area contributed by atoms with Gasteiger partial charge in [0.25, 0.3) is 0 Å². The Bertz CT molecular complexity index is 506. The van der Waals surface area contributed by atoms with Crippen molar-refractivity contribution in [2.24, 2.45) is 0 Å². The third-order valence-corrected chi connectivity index (χ3v) is 3.60. The van der Waals surface area contributed by atoms with Gasteiger partial charge in [-0.15, -0.1) is 0 Å². The van der Waals surface area contributed by atoms with Gasteiger partial charge in [-0.2, -0.15) is 0 Å². The van der Waals surface area contributed by atoms with Crippen molar-refractivity contribution in [2.75, 3.05) is 13.1 Å². The number of rotatable bonds is 3. The van der Waals surface area contributed by atoms with Gasteiger partial charge in [0.1, 0.15) is 0 Å². The van der Waals surface area contributed by atoms with Gasteiger partial charge in [-0.3, -0.25) is 4.90 Å². The fourth-order valence-corrected chi connectivity index (χ4v) is 2.68. The van der Waals surface area contributed by atoms with Crippen molar-refractivity contribution in [3.8, 4) is 0 Å². The predicted molar refractivity (Wildman–Crippen MR) is 70.3 cm³/mol. The average molecular weight is 242 g/mol. The van der Waals surface area contributed by atoms with E-state index in [-0.39, 0.29) is 0 Å². The van der Waals surface area contributed by atoms with Crippen molar-refractivity contribution in [1.82, 2.24) is 10.1 Å². The Balaban J connectivity index is 1.62. The molecular weight excluding hydrogens is 224 g/mol. The molecule has 1 aliphatic rings. The van der Waals surface area contributed by atoms with E-state index in [1.807, 2.05) is 13.0 Å². The molecule has 1 fully saturated rings. The van der Waals surface area contributed by atoms with Crippen LogP contribution in [0.5, 0.6) is 0 Å². The highest BCUT2D eigenvalue weighted by Crippen LogP contribution is 2.27. The van der Waals surface area contributed by atoms with Crippen LogP contribution in [0.4, 0.5) is 0 Å². The zero-order valence-electron chi connectivity index (χ0n) is 10.7. The molecule has 3 rings (SSSR count). The summed E-state index contributed by atoms with van der Waals surface area (Å²) < 4.78 is 5.28. The minimum absolute atomic E-state index is 0.662. The summed E-state index contributed by atoms with van der Waals surface area (Å²) >= 11 is 0. The fraction of sp³-hybridized carbons (Fsp3) is 0.400. The lowest BCUT2D eigenvalue weighted by molar-refractivity contribution is 0.271. The molecule has 1 atom stereocenters. The fourth-order valence-electron chi connectivity index (χ4n) is 2.68. The SMILES string of the molecule is Cc1cc(CN2CC[C@H](c3ccccc3)C2)on1. The predicted octanol–water partition coefficient (Wildman–Crippen LogP) is 2.97. The maximum atomic E-state index is 5.28. The first-order valence-corrected chi connectivity index (χ1v) is 6.51. The van der Waals surface area contributed by atoms with Gasteiger partial charge in [0.2, 0.25) is 0 Å². The largest absolute Gasteiger partial charge is 0.360 e. The molecule has 1 saturated heterocycles. The molecule has 0 bridgehead atoms. The summed E-state index contributed by atoms with van der Waals surface area (Å²) in [5, 5.41) is 3.93. The van der Waals surface area contributed by atoms with Gasteiger partial charge in [-0.25, -0.2) is 0 Å². The van der Waals surface area contributed by atoms with E-state index in [0.717, 1.165) is 31.1 Å². The summed E-state index contributed by atoms with van der Waals surface area (Å²) in [6.07, 6.45) is 1.23. The van der Waals surface area contributed by atoms with Crippen LogP contribution in [0.2, 0.25) is 0 Å². The Morgan fingerprint density at radius 1 is 1.33 bits per heavy atom. The normalized spacial score (nSPS) is 20.4. The topological polar surface area (TPSA) is 29.3 Å². The van der Waals surface area contributed by atoms with Gasteiger partial charge in [0, 0.05) is 12.6 Å². The van der Waals surface area contributed by atoms with Crippen LogP contribution >= 0.6 is 0 Å². The second-order valence-electron chi connectivity index (χ2n) is 5.07. The van der Waals surface area contributed by atoms with Gasteiger partial charge < -0.3 is 4.52 Å². The number of hydrogen-bond acceptors (Lipinski definition) is 3. The van der Waals surface area contributed by atoms with Crippen LogP contribution in [0.3, 0.4) is 0 Å². The lowest BCUT2D eigenvalue weighted by atomic mass is 9.99. The van der Waals surface area contributed by atoms with Gasteiger partial charge >= 0.3 is 0 Å². The van der Waals surface area contributed by atoms with Crippen molar-refractivity contribution in [3.05, 3.63) is 53.4 Å². The van der Waals surface area contributed by atoms with Crippen LogP contribution in [0.15, 0.2) is 40.9 Å². The first-order valence-electron chi connectivity index (χ1n) is 6.51. The van der Waals surface area contributed by atoms with E-state index in [2.05, 4.69) is 40.4 Å². The van der Waals surface area contributed by atoms with Gasteiger partial charge in [-0.05, 0) is 31.4 Å². The first kappa shape index (κ1) is 11.5. The van der Waals surface area contributed by atoms with Crippen molar-refractivity contribution < 1.29 is 4.52 Å². The smallest absolute Gasteiger partial charge is 0.150 e. The monoisotopic (exact) mass is 242 g/mol. The second kappa shape index (κ2) is 4.94. The standard InChI is InChI=1S/C15H18N2O/c1-12-9-15(18-16-12)11-17-8-7-14(10-17)13-5-3-2-4-6-13/h2-6,9,14H,7-8,10-11H2,1H3/t14-/m0/s1. The lowest BCUT2D eigenvalue weighted by Crippen LogP contribution is -2.19. The first-order chi connectivity index (χ1) is 8.81. The molecule has 0 N–H and O–H groups in total. The van der Waals surface area contributed by atoms with Crippen LogP contribution in [0.1, 0.15) is 29.4 Å². The van der Waals surface area contributed by atoms with Gasteiger partial charge in [0.15, 0.2) is 5.76 Å². The molecule has 0 saturated carbocycles. The Morgan fingerprint density at radius 3 is 2.89 bits per heavy atom. The Labute approximate surface area is 107 Å². The van der Waals surface area contributed by atoms with E-state index in [0.29, 0.717) is 5.92 Å². The van der Waals surface area contributed by atoms with E-state index in [4.69, 9.17) is 4.52 Å². The number of hydrogen-bond donors (Lipinski definition) is 0. The Hall–Kier alpha value is -1.61. The van der Waals surface area contributed by atoms with Crippen molar-refractivity contribution in [2.45, 2.75) is 25.8 Å². The lowest BCUT2D eigenvalue weighted by Gasteiger charge is -2.14. The Kier molecular flexibility index (Phi) is 3.15. The molecule has 0 spiro atoms. The third-order valence-electron chi connectivity index (χ3n) is 3.60. The molecule has 0 amide bonds. The highest BCUT2D eigenvalue weighted by Gasteiger charge is 2.24. The maximum Gasteiger partial charge on any atom is 0.150 e. The van der Waals surface area contributed by atoms with Crippen LogP contribution in [0, 0.1) is 6.92 Å². The van der Waals surface area contributed by atoms with Crippen LogP contribution < -0.4 is 0 Å². The number of benzene rings is 1. The summed E-state index contributed by atoms with van der Waals surface area (Å²) in [5.41, 5.74) is 2.41. The minimum Gasteiger partial charge on any atom is -0.360 e. The van der Waals surface area contributed by atoms with Crippen molar-refractivity contribution in [3.63, 3.8) is 0 Å². The van der Waals surface area contributed by atoms with E-state index >= 15 is 0 Å². The molecule has 0 radical (unpaired) electrons. The zero-order valence-corrected chi connectivity index (χ0v) is 10.7. The molecule has 3 heteroatoms. The van der Waals surface area contributed by atoms with E-state index in [9.17, 15) is 0 Å². The molecule has 1 aliphatic heterocycles. The van der Waals surface area contributed by atoms with E-state index < -0.39 is 0 Å². The summed E-state index contributed by atoms with van der Waals surface area (Å²) in [6, 6.07) is 12.8. The molecule has 0 aliphatic carbocycles. The summed E-state index contributed by atoms with van der Waals surface area (Å²) in [4.78, 5) is 2.44. The molecule has 1 aromatic carbocycles. The molecule has 2 heterocycles. The highest BCUT2D eigenvalue weighted by atomic mass is 16.5. The maximum absolute atomic E-state index is 5.28. The second-order valence-corrected chi connectivity index (χ2v) is 5.07. The molecule has 94 valence electrons. The summed E-state index contributed by atoms with van der Waals surface area (Å²) in [7, 11) is 0. The van der Waals surface area contributed by atoms with Crippen molar-refractivity contribution in [1.29, 1.82) is 0 Å². The average Bonchev–Trinajstić information content (AvgIpc) is 3.01. The van der Waals surface area contributed by atoms with Crippen molar-refractivity contribution >= 4 is 0 Å². The molecule has 3 nitrogen and oxygen atoms in total. The Morgan fingerprint density at radius 2 is 2.17 bits per heavy atom. The summed E-state index contributed by atoms with van der Waals surface area (Å²) in [5.74, 6) is 1.64. The van der Waals surface area contributed by atoms with Gasteiger partial charge in [0.05, 0.1) is 12.2 Å². The van der Waals surface area contributed by atoms with Crippen LogP contribution in [0.25, 0.3) is 0 Å². The molecular formula is C15H18N2O. The molecule has 0 unspecified atom stereocenters. The minimum atomic E-state index is 0.662.